The Morgan fingerprint density at radius 2 is 2.50 bits per heavy atom. The maximum absolute atomic E-state index is 11.2. The highest BCUT2D eigenvalue weighted by Crippen LogP contribution is 2.20. The number of carbonyl (C=O) groups excluding carboxylic acids is 1. The van der Waals surface area contributed by atoms with E-state index in [-0.39, 0.29) is 18.2 Å². The van der Waals surface area contributed by atoms with Crippen molar-refractivity contribution >= 4 is 12.1 Å². The molecule has 1 rings (SSSR count). The normalized spacial score (nSPS) is 22.1. The van der Waals surface area contributed by atoms with Gasteiger partial charge in [-0.3, -0.25) is 4.79 Å². The molecule has 0 unspecified atom stereocenters. The predicted molar refractivity (Wildman–Crippen MR) is 50.1 cm³/mol. The maximum Gasteiger partial charge on any atom is 0.225 e. The number of allylic oxidation sites excluding steroid dienone is 2. The Morgan fingerprint density at radius 1 is 1.79 bits per heavy atom. The van der Waals surface area contributed by atoms with Crippen molar-refractivity contribution in [2.75, 3.05) is 7.11 Å². The predicted octanol–water partition coefficient (Wildman–Crippen LogP) is 0.552. The second-order valence-corrected chi connectivity index (χ2v) is 2.95. The van der Waals surface area contributed by atoms with Gasteiger partial charge in [-0.25, -0.2) is 0 Å². The molecule has 1 heterocycles. The first-order chi connectivity index (χ1) is 6.69. The Morgan fingerprint density at radius 3 is 3.07 bits per heavy atom. The molecular formula is C9H11N3O2. The van der Waals surface area contributed by atoms with E-state index in [4.69, 9.17) is 5.26 Å². The number of nitrogens with one attached hydrogen (secondary N) is 1. The van der Waals surface area contributed by atoms with Crippen molar-refractivity contribution in [2.45, 2.75) is 13.3 Å². The minimum absolute atomic E-state index is 0.103. The van der Waals surface area contributed by atoms with Crippen molar-refractivity contribution in [3.63, 3.8) is 0 Å². The lowest BCUT2D eigenvalue weighted by atomic mass is 9.93. The van der Waals surface area contributed by atoms with E-state index in [1.165, 1.54) is 13.3 Å². The van der Waals surface area contributed by atoms with E-state index in [1.807, 2.05) is 0 Å². The van der Waals surface area contributed by atoms with Gasteiger partial charge < -0.3 is 10.2 Å². The molecule has 1 aliphatic rings. The first kappa shape index (κ1) is 10.3. The summed E-state index contributed by atoms with van der Waals surface area (Å²) in [6.07, 6.45) is 1.72. The third-order valence-corrected chi connectivity index (χ3v) is 1.97. The van der Waals surface area contributed by atoms with Crippen LogP contribution in [0.3, 0.4) is 0 Å². The first-order valence-corrected chi connectivity index (χ1v) is 4.16. The summed E-state index contributed by atoms with van der Waals surface area (Å²) < 4.78 is 0. The number of nitriles is 1. The number of nitrogens with zero attached hydrogens (tertiary/aromatic N) is 2. The van der Waals surface area contributed by atoms with Crippen LogP contribution in [0.25, 0.3) is 0 Å². The summed E-state index contributed by atoms with van der Waals surface area (Å²) >= 11 is 0. The molecule has 1 amide bonds. The lowest BCUT2D eigenvalue weighted by molar-refractivity contribution is -0.121. The van der Waals surface area contributed by atoms with Crippen LogP contribution in [0.5, 0.6) is 0 Å². The minimum atomic E-state index is -0.270. The zero-order valence-corrected chi connectivity index (χ0v) is 8.07. The molecule has 1 atom stereocenters. The topological polar surface area (TPSA) is 74.5 Å². The molecule has 74 valence electrons. The SMILES string of the molecule is CO/N=C\[C@H]1CC(=O)NC(C)=C1C#N. The molecule has 0 bridgehead atoms. The molecule has 14 heavy (non-hydrogen) atoms. The lowest BCUT2D eigenvalue weighted by Gasteiger charge is -2.19. The third-order valence-electron chi connectivity index (χ3n) is 1.97. The first-order valence-electron chi connectivity index (χ1n) is 4.16. The molecule has 0 radical (unpaired) electrons. The number of hydrogen-bond donors (Lipinski definition) is 1. The average molecular weight is 193 g/mol. The third kappa shape index (κ3) is 2.10. The van der Waals surface area contributed by atoms with Gasteiger partial charge >= 0.3 is 0 Å². The lowest BCUT2D eigenvalue weighted by Crippen LogP contribution is -2.32. The summed E-state index contributed by atoms with van der Waals surface area (Å²) in [6.45, 7) is 1.70. The fourth-order valence-corrected chi connectivity index (χ4v) is 1.34. The molecular weight excluding hydrogens is 182 g/mol. The second kappa shape index (κ2) is 4.42. The monoisotopic (exact) mass is 193 g/mol. The van der Waals surface area contributed by atoms with Crippen molar-refractivity contribution in [2.24, 2.45) is 11.1 Å². The Kier molecular flexibility index (Phi) is 3.24. The van der Waals surface area contributed by atoms with E-state index in [9.17, 15) is 4.79 Å². The van der Waals surface area contributed by atoms with E-state index in [1.54, 1.807) is 6.92 Å². The van der Waals surface area contributed by atoms with E-state index < -0.39 is 0 Å². The smallest absolute Gasteiger partial charge is 0.225 e. The highest BCUT2D eigenvalue weighted by molar-refractivity contribution is 5.85. The zero-order valence-electron chi connectivity index (χ0n) is 8.07. The Hall–Kier alpha value is -1.83. The quantitative estimate of drug-likeness (QED) is 0.514. The fraction of sp³-hybridized carbons (Fsp3) is 0.444. The largest absolute Gasteiger partial charge is 0.399 e. The minimum Gasteiger partial charge on any atom is -0.399 e. The highest BCUT2D eigenvalue weighted by Gasteiger charge is 2.24. The van der Waals surface area contributed by atoms with E-state index in [0.717, 1.165) is 0 Å². The maximum atomic E-state index is 11.2. The van der Waals surface area contributed by atoms with E-state index in [2.05, 4.69) is 21.4 Å². The van der Waals surface area contributed by atoms with Crippen molar-refractivity contribution in [3.05, 3.63) is 11.3 Å². The molecule has 0 aromatic carbocycles. The Bertz CT molecular complexity index is 338. The Balaban J connectivity index is 2.93. The number of oxime groups is 1. The molecule has 0 fully saturated rings. The van der Waals surface area contributed by atoms with Crippen LogP contribution in [0, 0.1) is 17.2 Å². The molecule has 5 nitrogen and oxygen atoms in total. The number of amides is 1. The molecule has 0 aliphatic carbocycles. The zero-order chi connectivity index (χ0) is 10.6. The molecule has 0 aromatic heterocycles. The summed E-state index contributed by atoms with van der Waals surface area (Å²) in [6, 6.07) is 2.05. The molecule has 0 aromatic rings. The van der Waals surface area contributed by atoms with Gasteiger partial charge in [-0.2, -0.15) is 5.26 Å². The van der Waals surface area contributed by atoms with Crippen LogP contribution >= 0.6 is 0 Å². The van der Waals surface area contributed by atoms with Crippen LogP contribution in [0.15, 0.2) is 16.4 Å². The van der Waals surface area contributed by atoms with Crippen molar-refractivity contribution in [1.82, 2.24) is 5.32 Å². The molecule has 1 aliphatic heterocycles. The van der Waals surface area contributed by atoms with Crippen molar-refractivity contribution in [3.8, 4) is 6.07 Å². The van der Waals surface area contributed by atoms with Crippen LogP contribution in [0.1, 0.15) is 13.3 Å². The van der Waals surface area contributed by atoms with Gasteiger partial charge in [-0.15, -0.1) is 0 Å². The highest BCUT2D eigenvalue weighted by atomic mass is 16.6. The summed E-state index contributed by atoms with van der Waals surface area (Å²) in [4.78, 5) is 15.7. The van der Waals surface area contributed by atoms with E-state index in [0.29, 0.717) is 11.3 Å². The molecule has 0 saturated heterocycles. The van der Waals surface area contributed by atoms with Gasteiger partial charge in [0.05, 0.1) is 17.9 Å². The number of rotatable bonds is 2. The van der Waals surface area contributed by atoms with Gasteiger partial charge in [-0.05, 0) is 6.92 Å². The average Bonchev–Trinajstić information content (AvgIpc) is 2.14. The number of carbonyl (C=O) groups is 1. The molecule has 0 spiro atoms. The van der Waals surface area contributed by atoms with Gasteiger partial charge in [0, 0.05) is 18.0 Å². The molecule has 0 saturated carbocycles. The van der Waals surface area contributed by atoms with Crippen molar-refractivity contribution in [1.29, 1.82) is 5.26 Å². The van der Waals surface area contributed by atoms with Gasteiger partial charge in [-0.1, -0.05) is 5.16 Å². The fourth-order valence-electron chi connectivity index (χ4n) is 1.34. The summed E-state index contributed by atoms with van der Waals surface area (Å²) in [5.41, 5.74) is 1.13. The number of hydrogen-bond acceptors (Lipinski definition) is 4. The van der Waals surface area contributed by atoms with Gasteiger partial charge in [0.2, 0.25) is 5.91 Å². The van der Waals surface area contributed by atoms with Crippen LogP contribution in [-0.2, 0) is 9.63 Å². The van der Waals surface area contributed by atoms with Crippen LogP contribution in [-0.4, -0.2) is 19.2 Å². The van der Waals surface area contributed by atoms with Gasteiger partial charge in [0.25, 0.3) is 0 Å². The summed E-state index contributed by atoms with van der Waals surface area (Å²) in [5, 5.41) is 15.0. The van der Waals surface area contributed by atoms with E-state index >= 15 is 0 Å². The van der Waals surface area contributed by atoms with Crippen LogP contribution in [0.4, 0.5) is 0 Å². The second-order valence-electron chi connectivity index (χ2n) is 2.95. The molecule has 1 N–H and O–H groups in total. The summed E-state index contributed by atoms with van der Waals surface area (Å²) in [5.74, 6) is -0.372. The van der Waals surface area contributed by atoms with Crippen LogP contribution in [0.2, 0.25) is 0 Å². The van der Waals surface area contributed by atoms with Crippen molar-refractivity contribution < 1.29 is 9.63 Å². The van der Waals surface area contributed by atoms with Crippen LogP contribution < -0.4 is 5.32 Å². The van der Waals surface area contributed by atoms with Gasteiger partial charge in [0.1, 0.15) is 7.11 Å². The molecule has 5 heteroatoms. The standard InChI is InChI=1S/C9H11N3O2/c1-6-8(4-10)7(5-11-14-2)3-9(13)12-6/h5,7H,3H2,1-2H3,(H,12,13)/b11-5-/t7-/m1/s1. The summed E-state index contributed by atoms with van der Waals surface area (Å²) in [7, 11) is 1.42. The Labute approximate surface area is 82.0 Å². The van der Waals surface area contributed by atoms with Gasteiger partial charge in [0.15, 0.2) is 0 Å².